The summed E-state index contributed by atoms with van der Waals surface area (Å²) < 4.78 is 38.4. The summed E-state index contributed by atoms with van der Waals surface area (Å²) in [5.74, 6) is 4.28. The molecule has 1 aromatic rings. The van der Waals surface area contributed by atoms with Crippen LogP contribution in [0.3, 0.4) is 0 Å². The normalized spacial score (nSPS) is 10.9. The molecule has 1 rings (SSSR count). The maximum Gasteiger partial charge on any atom is 0.418 e. The van der Waals surface area contributed by atoms with Gasteiger partial charge in [-0.2, -0.15) is 13.2 Å². The van der Waals surface area contributed by atoms with Gasteiger partial charge in [0.1, 0.15) is 0 Å². The zero-order valence-corrected chi connectivity index (χ0v) is 10.8. The molecule has 0 atom stereocenters. The molecule has 7 nitrogen and oxygen atoms in total. The van der Waals surface area contributed by atoms with E-state index in [1.807, 2.05) is 5.43 Å². The standard InChI is InChI=1S/C11H14F3N5O2/c12-11(13,14)7-5-6(1-2-8(7)19-16)9(20)17-3-4-18-10(15)21/h1-2,5,19H,3-4,16H2,(H,17,20)(H3,15,18,21). The van der Waals surface area contributed by atoms with Gasteiger partial charge in [-0.1, -0.05) is 0 Å². The van der Waals surface area contributed by atoms with Crippen LogP contribution in [0.5, 0.6) is 0 Å². The van der Waals surface area contributed by atoms with Crippen LogP contribution in [0.1, 0.15) is 15.9 Å². The van der Waals surface area contributed by atoms with E-state index in [0.717, 1.165) is 6.07 Å². The molecular formula is C11H14F3N5O2. The average molecular weight is 305 g/mol. The molecular weight excluding hydrogens is 291 g/mol. The highest BCUT2D eigenvalue weighted by molar-refractivity contribution is 5.95. The number of halogens is 3. The lowest BCUT2D eigenvalue weighted by atomic mass is 10.1. The first kappa shape index (κ1) is 16.6. The van der Waals surface area contributed by atoms with E-state index < -0.39 is 23.7 Å². The predicted octanol–water partition coefficient (Wildman–Crippen LogP) is 0.389. The number of anilines is 1. The topological polar surface area (TPSA) is 122 Å². The molecule has 0 saturated carbocycles. The smallest absolute Gasteiger partial charge is 0.352 e. The summed E-state index contributed by atoms with van der Waals surface area (Å²) in [6.07, 6.45) is -4.65. The maximum absolute atomic E-state index is 12.8. The van der Waals surface area contributed by atoms with Gasteiger partial charge in [-0.3, -0.25) is 10.6 Å². The van der Waals surface area contributed by atoms with E-state index in [4.69, 9.17) is 11.6 Å². The number of amides is 3. The highest BCUT2D eigenvalue weighted by atomic mass is 19.4. The molecule has 0 unspecified atom stereocenters. The lowest BCUT2D eigenvalue weighted by Crippen LogP contribution is -2.37. The third kappa shape index (κ3) is 4.84. The minimum atomic E-state index is -4.65. The third-order valence-corrected chi connectivity index (χ3v) is 2.45. The second-order valence-corrected chi connectivity index (χ2v) is 3.95. The highest BCUT2D eigenvalue weighted by Gasteiger charge is 2.34. The Morgan fingerprint density at radius 1 is 1.14 bits per heavy atom. The van der Waals surface area contributed by atoms with Gasteiger partial charge in [0.25, 0.3) is 5.91 Å². The zero-order chi connectivity index (χ0) is 16.0. The van der Waals surface area contributed by atoms with Crippen molar-refractivity contribution in [1.29, 1.82) is 0 Å². The minimum Gasteiger partial charge on any atom is -0.352 e. The summed E-state index contributed by atoms with van der Waals surface area (Å²) in [6.45, 7) is 0.0929. The first-order valence-corrected chi connectivity index (χ1v) is 5.75. The average Bonchev–Trinajstić information content (AvgIpc) is 2.41. The van der Waals surface area contributed by atoms with E-state index in [1.165, 1.54) is 6.07 Å². The quantitative estimate of drug-likeness (QED) is 0.307. The Bertz CT molecular complexity index is 533. The number of nitrogens with two attached hydrogens (primary N) is 2. The Balaban J connectivity index is 2.79. The third-order valence-electron chi connectivity index (χ3n) is 2.45. The molecule has 10 heteroatoms. The van der Waals surface area contributed by atoms with Crippen molar-refractivity contribution in [2.75, 3.05) is 18.5 Å². The molecule has 0 bridgehead atoms. The Labute approximate surface area is 117 Å². The summed E-state index contributed by atoms with van der Waals surface area (Å²) in [7, 11) is 0. The first-order chi connectivity index (χ1) is 9.75. The van der Waals surface area contributed by atoms with Gasteiger partial charge in [-0.25, -0.2) is 4.79 Å². The summed E-state index contributed by atoms with van der Waals surface area (Å²) in [4.78, 5) is 22.1. The molecule has 0 radical (unpaired) electrons. The van der Waals surface area contributed by atoms with Crippen LogP contribution in [0.25, 0.3) is 0 Å². The van der Waals surface area contributed by atoms with Crippen LogP contribution in [0.4, 0.5) is 23.7 Å². The fourth-order valence-corrected chi connectivity index (χ4v) is 1.51. The number of carbonyl (C=O) groups excluding carboxylic acids is 2. The van der Waals surface area contributed by atoms with Crippen molar-refractivity contribution in [3.05, 3.63) is 29.3 Å². The van der Waals surface area contributed by atoms with E-state index in [1.54, 1.807) is 0 Å². The van der Waals surface area contributed by atoms with Crippen LogP contribution in [-0.2, 0) is 6.18 Å². The number of nitrogen functional groups attached to an aromatic ring is 1. The number of nitrogens with one attached hydrogen (secondary N) is 3. The molecule has 1 aromatic carbocycles. The Morgan fingerprint density at radius 2 is 1.76 bits per heavy atom. The van der Waals surface area contributed by atoms with Crippen molar-refractivity contribution in [2.45, 2.75) is 6.18 Å². The van der Waals surface area contributed by atoms with Crippen LogP contribution in [0.2, 0.25) is 0 Å². The van der Waals surface area contributed by atoms with Crippen molar-refractivity contribution in [3.63, 3.8) is 0 Å². The number of carbonyl (C=O) groups is 2. The molecule has 0 heterocycles. The second kappa shape index (κ2) is 6.79. The van der Waals surface area contributed by atoms with E-state index in [0.29, 0.717) is 6.07 Å². The van der Waals surface area contributed by atoms with E-state index in [9.17, 15) is 22.8 Å². The van der Waals surface area contributed by atoms with Gasteiger partial charge in [0.15, 0.2) is 0 Å². The van der Waals surface area contributed by atoms with Crippen LogP contribution in [0.15, 0.2) is 18.2 Å². The summed E-state index contributed by atoms with van der Waals surface area (Å²) in [5, 5.41) is 4.57. The van der Waals surface area contributed by atoms with E-state index in [2.05, 4.69) is 10.6 Å². The van der Waals surface area contributed by atoms with Crippen molar-refractivity contribution in [3.8, 4) is 0 Å². The molecule has 116 valence electrons. The molecule has 0 aromatic heterocycles. The number of rotatable bonds is 5. The van der Waals surface area contributed by atoms with E-state index in [-0.39, 0.29) is 24.3 Å². The summed E-state index contributed by atoms with van der Waals surface area (Å²) in [5.41, 5.74) is 5.17. The lowest BCUT2D eigenvalue weighted by molar-refractivity contribution is -0.137. The lowest BCUT2D eigenvalue weighted by Gasteiger charge is -2.14. The number of benzene rings is 1. The zero-order valence-electron chi connectivity index (χ0n) is 10.8. The second-order valence-electron chi connectivity index (χ2n) is 3.95. The maximum atomic E-state index is 12.8. The van der Waals surface area contributed by atoms with Gasteiger partial charge in [0.05, 0.1) is 11.3 Å². The molecule has 0 aliphatic heterocycles. The highest BCUT2D eigenvalue weighted by Crippen LogP contribution is 2.35. The van der Waals surface area contributed by atoms with Crippen molar-refractivity contribution < 1.29 is 22.8 Å². The number of urea groups is 1. The SMILES string of the molecule is NNc1ccc(C(=O)NCCNC(N)=O)cc1C(F)(F)F. The van der Waals surface area contributed by atoms with Gasteiger partial charge in [0.2, 0.25) is 0 Å². The van der Waals surface area contributed by atoms with E-state index >= 15 is 0 Å². The number of primary amides is 1. The predicted molar refractivity (Wildman–Crippen MR) is 69.2 cm³/mol. The van der Waals surface area contributed by atoms with Gasteiger partial charge in [-0.05, 0) is 18.2 Å². The number of hydrazine groups is 1. The van der Waals surface area contributed by atoms with Crippen LogP contribution in [0, 0.1) is 0 Å². The largest absolute Gasteiger partial charge is 0.418 e. The molecule has 0 fully saturated rings. The summed E-state index contributed by atoms with van der Waals surface area (Å²) >= 11 is 0. The number of hydrogen-bond acceptors (Lipinski definition) is 4. The molecule has 3 amide bonds. The van der Waals surface area contributed by atoms with Crippen LogP contribution in [-0.4, -0.2) is 25.0 Å². The molecule has 0 aliphatic carbocycles. The van der Waals surface area contributed by atoms with Crippen LogP contribution < -0.4 is 27.6 Å². The van der Waals surface area contributed by atoms with Crippen molar-refractivity contribution in [2.24, 2.45) is 11.6 Å². The van der Waals surface area contributed by atoms with Crippen molar-refractivity contribution in [1.82, 2.24) is 10.6 Å². The fraction of sp³-hybridized carbons (Fsp3) is 0.273. The minimum absolute atomic E-state index is 0.0278. The molecule has 0 saturated heterocycles. The van der Waals surface area contributed by atoms with Gasteiger partial charge in [-0.15, -0.1) is 0 Å². The monoisotopic (exact) mass is 305 g/mol. The Kier molecular flexibility index (Phi) is 5.36. The van der Waals surface area contributed by atoms with Crippen molar-refractivity contribution >= 4 is 17.6 Å². The molecule has 7 N–H and O–H groups in total. The van der Waals surface area contributed by atoms with Crippen LogP contribution >= 0.6 is 0 Å². The summed E-state index contributed by atoms with van der Waals surface area (Å²) in [6, 6.07) is 2.18. The molecule has 0 aliphatic rings. The van der Waals surface area contributed by atoms with Gasteiger partial charge < -0.3 is 21.8 Å². The number of hydrogen-bond donors (Lipinski definition) is 5. The molecule has 21 heavy (non-hydrogen) atoms. The Hall–Kier alpha value is -2.49. The van der Waals surface area contributed by atoms with Gasteiger partial charge in [0, 0.05) is 18.7 Å². The van der Waals surface area contributed by atoms with Gasteiger partial charge >= 0.3 is 12.2 Å². The first-order valence-electron chi connectivity index (χ1n) is 5.75. The Morgan fingerprint density at radius 3 is 2.29 bits per heavy atom. The molecule has 0 spiro atoms. The fourth-order valence-electron chi connectivity index (χ4n) is 1.51. The number of alkyl halides is 3.